The molecule has 0 spiro atoms. The highest BCUT2D eigenvalue weighted by molar-refractivity contribution is 5.92. The van der Waals surface area contributed by atoms with E-state index in [9.17, 15) is 4.79 Å². The molecular weight excluding hydrogens is 306 g/mol. The fraction of sp³-hybridized carbons (Fsp3) is 0.222. The van der Waals surface area contributed by atoms with E-state index in [-0.39, 0.29) is 5.91 Å². The van der Waals surface area contributed by atoms with Crippen LogP contribution in [0.1, 0.15) is 21.6 Å². The number of rotatable bonds is 5. The van der Waals surface area contributed by atoms with Gasteiger partial charge < -0.3 is 19.2 Å². The number of benzene rings is 1. The summed E-state index contributed by atoms with van der Waals surface area (Å²) in [5.41, 5.74) is 3.10. The fourth-order valence-corrected chi connectivity index (χ4v) is 2.46. The lowest BCUT2D eigenvalue weighted by molar-refractivity contribution is 0.0946. The van der Waals surface area contributed by atoms with Gasteiger partial charge in [0.05, 0.1) is 14.2 Å². The van der Waals surface area contributed by atoms with Crippen molar-refractivity contribution in [3.8, 4) is 11.5 Å². The summed E-state index contributed by atoms with van der Waals surface area (Å²) in [7, 11) is 3.19. The maximum Gasteiger partial charge on any atom is 0.271 e. The van der Waals surface area contributed by atoms with Gasteiger partial charge in [0.2, 0.25) is 0 Å². The molecule has 3 rings (SSSR count). The number of nitrogens with one attached hydrogen (secondary N) is 1. The van der Waals surface area contributed by atoms with Crippen molar-refractivity contribution in [2.45, 2.75) is 13.5 Å². The number of hydrogen-bond donors (Lipinski definition) is 1. The van der Waals surface area contributed by atoms with E-state index in [1.165, 1.54) is 0 Å². The first-order valence-corrected chi connectivity index (χ1v) is 7.55. The fourth-order valence-electron chi connectivity index (χ4n) is 2.46. The molecule has 24 heavy (non-hydrogen) atoms. The minimum absolute atomic E-state index is 0.228. The monoisotopic (exact) mass is 325 g/mol. The molecule has 0 aliphatic rings. The first kappa shape index (κ1) is 15.9. The number of carbonyl (C=O) groups excluding carboxylic acids is 1. The molecule has 0 bridgehead atoms. The highest BCUT2D eigenvalue weighted by Gasteiger charge is 2.12. The minimum Gasteiger partial charge on any atom is -0.497 e. The smallest absolute Gasteiger partial charge is 0.271 e. The largest absolute Gasteiger partial charge is 0.497 e. The van der Waals surface area contributed by atoms with E-state index in [2.05, 4.69) is 10.3 Å². The molecule has 0 atom stereocenters. The van der Waals surface area contributed by atoms with Gasteiger partial charge in [-0.1, -0.05) is 0 Å². The maximum atomic E-state index is 12.3. The molecule has 0 aliphatic heterocycles. The van der Waals surface area contributed by atoms with Gasteiger partial charge in [-0.15, -0.1) is 0 Å². The second kappa shape index (κ2) is 6.62. The van der Waals surface area contributed by atoms with Crippen molar-refractivity contribution in [3.05, 3.63) is 59.5 Å². The third kappa shape index (κ3) is 3.17. The highest BCUT2D eigenvalue weighted by atomic mass is 16.5. The number of aryl methyl sites for hydroxylation is 1. The molecule has 6 heteroatoms. The number of methoxy groups -OCH3 is 2. The highest BCUT2D eigenvalue weighted by Crippen LogP contribution is 2.24. The van der Waals surface area contributed by atoms with E-state index < -0.39 is 0 Å². The number of ether oxygens (including phenoxy) is 2. The zero-order valence-corrected chi connectivity index (χ0v) is 13.9. The molecule has 1 N–H and O–H groups in total. The van der Waals surface area contributed by atoms with Crippen molar-refractivity contribution < 1.29 is 14.3 Å². The van der Waals surface area contributed by atoms with Gasteiger partial charge in [0.15, 0.2) is 0 Å². The summed E-state index contributed by atoms with van der Waals surface area (Å²) in [6, 6.07) is 9.39. The quantitative estimate of drug-likeness (QED) is 0.783. The molecule has 0 fully saturated rings. The van der Waals surface area contributed by atoms with Crippen molar-refractivity contribution in [2.75, 3.05) is 14.2 Å². The van der Waals surface area contributed by atoms with Crippen molar-refractivity contribution in [3.63, 3.8) is 0 Å². The number of pyridine rings is 1. The van der Waals surface area contributed by atoms with E-state index in [4.69, 9.17) is 9.47 Å². The Hall–Kier alpha value is -3.02. The Bertz CT molecular complexity index is 886. The van der Waals surface area contributed by atoms with E-state index in [1.54, 1.807) is 26.5 Å². The van der Waals surface area contributed by atoms with E-state index >= 15 is 0 Å². The first-order valence-electron chi connectivity index (χ1n) is 7.55. The zero-order chi connectivity index (χ0) is 17.1. The molecule has 6 nitrogen and oxygen atoms in total. The lowest BCUT2D eigenvalue weighted by Gasteiger charge is -2.10. The molecule has 124 valence electrons. The Morgan fingerprint density at radius 3 is 2.79 bits per heavy atom. The van der Waals surface area contributed by atoms with Crippen LogP contribution in [0.4, 0.5) is 0 Å². The SMILES string of the molecule is COc1ccc(CNC(=O)c2cn3ccc(C)cc3n2)c(OC)c1. The normalized spacial score (nSPS) is 10.6. The second-order valence-corrected chi connectivity index (χ2v) is 5.46. The summed E-state index contributed by atoms with van der Waals surface area (Å²) in [6.45, 7) is 2.34. The van der Waals surface area contributed by atoms with Crippen LogP contribution in [0.25, 0.3) is 5.65 Å². The molecule has 2 aromatic heterocycles. The average Bonchev–Trinajstić information content (AvgIpc) is 3.02. The van der Waals surface area contributed by atoms with E-state index in [0.717, 1.165) is 16.8 Å². The predicted molar refractivity (Wildman–Crippen MR) is 90.6 cm³/mol. The van der Waals surface area contributed by atoms with Crippen molar-refractivity contribution >= 4 is 11.6 Å². The van der Waals surface area contributed by atoms with Gasteiger partial charge in [-0.25, -0.2) is 4.98 Å². The molecular formula is C18H19N3O3. The second-order valence-electron chi connectivity index (χ2n) is 5.46. The number of amides is 1. The number of carbonyl (C=O) groups is 1. The summed E-state index contributed by atoms with van der Waals surface area (Å²) >= 11 is 0. The summed E-state index contributed by atoms with van der Waals surface area (Å²) < 4.78 is 12.3. The molecule has 0 saturated heterocycles. The molecule has 0 radical (unpaired) electrons. The van der Waals surface area contributed by atoms with Gasteiger partial charge in [-0.3, -0.25) is 4.79 Å². The summed E-state index contributed by atoms with van der Waals surface area (Å²) in [4.78, 5) is 16.7. The van der Waals surface area contributed by atoms with Gasteiger partial charge in [-0.2, -0.15) is 0 Å². The van der Waals surface area contributed by atoms with Crippen LogP contribution in [-0.4, -0.2) is 29.5 Å². The van der Waals surface area contributed by atoms with Crippen LogP contribution in [0.15, 0.2) is 42.7 Å². The van der Waals surface area contributed by atoms with Crippen LogP contribution < -0.4 is 14.8 Å². The Morgan fingerprint density at radius 1 is 1.21 bits per heavy atom. The number of fused-ring (bicyclic) bond motifs is 1. The Balaban J connectivity index is 1.75. The summed E-state index contributed by atoms with van der Waals surface area (Å²) in [5, 5.41) is 2.87. The average molecular weight is 325 g/mol. The number of hydrogen-bond acceptors (Lipinski definition) is 4. The van der Waals surface area contributed by atoms with Crippen LogP contribution >= 0.6 is 0 Å². The standard InChI is InChI=1S/C18H19N3O3/c1-12-6-7-21-11-15(20-17(21)8-12)18(22)19-10-13-4-5-14(23-2)9-16(13)24-3/h4-9,11H,10H2,1-3H3,(H,19,22). The topological polar surface area (TPSA) is 64.9 Å². The Kier molecular flexibility index (Phi) is 4.37. The van der Waals surface area contributed by atoms with Gasteiger partial charge in [-0.05, 0) is 36.8 Å². The first-order chi connectivity index (χ1) is 11.6. The van der Waals surface area contributed by atoms with Gasteiger partial charge in [0, 0.05) is 30.6 Å². The van der Waals surface area contributed by atoms with E-state index in [0.29, 0.717) is 23.7 Å². The molecule has 0 aliphatic carbocycles. The van der Waals surface area contributed by atoms with Gasteiger partial charge >= 0.3 is 0 Å². The molecule has 0 saturated carbocycles. The van der Waals surface area contributed by atoms with Crippen LogP contribution in [0, 0.1) is 6.92 Å². The number of nitrogens with zero attached hydrogens (tertiary/aromatic N) is 2. The predicted octanol–water partition coefficient (Wildman–Crippen LogP) is 2.59. The van der Waals surface area contributed by atoms with Gasteiger partial charge in [0.25, 0.3) is 5.91 Å². The lowest BCUT2D eigenvalue weighted by atomic mass is 10.2. The van der Waals surface area contributed by atoms with Crippen molar-refractivity contribution in [1.82, 2.24) is 14.7 Å². The van der Waals surface area contributed by atoms with E-state index in [1.807, 2.05) is 41.8 Å². The van der Waals surface area contributed by atoms with Crippen LogP contribution in [0.2, 0.25) is 0 Å². The van der Waals surface area contributed by atoms with Crippen molar-refractivity contribution in [1.29, 1.82) is 0 Å². The number of aromatic nitrogens is 2. The Labute approximate surface area is 140 Å². The third-order valence-electron chi connectivity index (χ3n) is 3.78. The molecule has 3 aromatic rings. The van der Waals surface area contributed by atoms with Crippen LogP contribution in [-0.2, 0) is 6.54 Å². The molecule has 0 unspecified atom stereocenters. The minimum atomic E-state index is -0.228. The summed E-state index contributed by atoms with van der Waals surface area (Å²) in [6.07, 6.45) is 3.61. The third-order valence-corrected chi connectivity index (χ3v) is 3.78. The molecule has 1 amide bonds. The number of imidazole rings is 1. The molecule has 1 aromatic carbocycles. The summed E-state index contributed by atoms with van der Waals surface area (Å²) in [5.74, 6) is 1.15. The molecule has 2 heterocycles. The van der Waals surface area contributed by atoms with Crippen molar-refractivity contribution in [2.24, 2.45) is 0 Å². The van der Waals surface area contributed by atoms with Crippen LogP contribution in [0.5, 0.6) is 11.5 Å². The zero-order valence-electron chi connectivity index (χ0n) is 13.9. The van der Waals surface area contributed by atoms with Crippen LogP contribution in [0.3, 0.4) is 0 Å². The lowest BCUT2D eigenvalue weighted by Crippen LogP contribution is -2.23. The van der Waals surface area contributed by atoms with Gasteiger partial charge in [0.1, 0.15) is 22.8 Å². The maximum absolute atomic E-state index is 12.3. The Morgan fingerprint density at radius 2 is 2.04 bits per heavy atom.